The summed E-state index contributed by atoms with van der Waals surface area (Å²) in [5, 5.41) is 19.1. The summed E-state index contributed by atoms with van der Waals surface area (Å²) < 4.78 is 0. The van der Waals surface area contributed by atoms with Gasteiger partial charge in [0.05, 0.1) is 6.04 Å². The number of hydrogen-bond acceptors (Lipinski definition) is 5. The summed E-state index contributed by atoms with van der Waals surface area (Å²) in [5.74, 6) is -2.97. The van der Waals surface area contributed by atoms with E-state index in [1.165, 1.54) is 13.8 Å². The van der Waals surface area contributed by atoms with Gasteiger partial charge in [-0.1, -0.05) is 36.4 Å². The number of aromatic nitrogens is 2. The van der Waals surface area contributed by atoms with E-state index in [1.54, 1.807) is 12.4 Å². The summed E-state index contributed by atoms with van der Waals surface area (Å²) in [6.45, 7) is 2.92. The van der Waals surface area contributed by atoms with Gasteiger partial charge in [0.25, 0.3) is 0 Å². The quantitative estimate of drug-likeness (QED) is 0.153. The van der Waals surface area contributed by atoms with Crippen LogP contribution in [-0.2, 0) is 32.0 Å². The first-order chi connectivity index (χ1) is 18.6. The van der Waals surface area contributed by atoms with E-state index in [2.05, 4.69) is 25.9 Å². The number of carbonyl (C=O) groups excluding carboxylic acids is 3. The fourth-order valence-corrected chi connectivity index (χ4v) is 4.44. The molecule has 8 N–H and O–H groups in total. The maximum Gasteiger partial charge on any atom is 0.326 e. The standard InChI is InChI=1S/C28H32N6O5/c1-15(33-27(37)21(29)11-17-13-30-22-9-5-3-7-19(17)22)25(35)32-16(2)26(36)34-24(28(38)39)12-18-14-31-23-10-6-4-8-20(18)23/h3-10,13-16,21,24,30-31H,11-12,29H2,1-2H3,(H,32,35)(H,33,37)(H,34,36)(H,38,39). The molecule has 39 heavy (non-hydrogen) atoms. The van der Waals surface area contributed by atoms with E-state index >= 15 is 0 Å². The Morgan fingerprint density at radius 2 is 1.21 bits per heavy atom. The van der Waals surface area contributed by atoms with Crippen LogP contribution in [0.5, 0.6) is 0 Å². The molecule has 11 nitrogen and oxygen atoms in total. The molecule has 0 saturated heterocycles. The topological polar surface area (TPSA) is 182 Å². The van der Waals surface area contributed by atoms with E-state index in [0.29, 0.717) is 0 Å². The Hall–Kier alpha value is -4.64. The van der Waals surface area contributed by atoms with Crippen LogP contribution in [0.25, 0.3) is 21.8 Å². The third-order valence-electron chi connectivity index (χ3n) is 6.67. The molecule has 0 aliphatic carbocycles. The normalized spacial score (nSPS) is 14.3. The van der Waals surface area contributed by atoms with Crippen molar-refractivity contribution in [1.29, 1.82) is 0 Å². The number of aliphatic carboxylic acids is 1. The van der Waals surface area contributed by atoms with Gasteiger partial charge >= 0.3 is 5.97 Å². The Kier molecular flexibility index (Phi) is 8.30. The number of carboxylic acids is 1. The van der Waals surface area contributed by atoms with Crippen molar-refractivity contribution >= 4 is 45.5 Å². The Balaban J connectivity index is 1.29. The van der Waals surface area contributed by atoms with Gasteiger partial charge in [0, 0.05) is 40.6 Å². The van der Waals surface area contributed by atoms with E-state index in [4.69, 9.17) is 5.73 Å². The zero-order valence-electron chi connectivity index (χ0n) is 21.7. The highest BCUT2D eigenvalue weighted by molar-refractivity contribution is 5.94. The minimum atomic E-state index is -1.20. The summed E-state index contributed by atoms with van der Waals surface area (Å²) in [7, 11) is 0. The van der Waals surface area contributed by atoms with Crippen LogP contribution in [0.1, 0.15) is 25.0 Å². The Labute approximate surface area is 224 Å². The molecule has 0 radical (unpaired) electrons. The molecule has 0 saturated carbocycles. The molecule has 4 aromatic rings. The monoisotopic (exact) mass is 532 g/mol. The van der Waals surface area contributed by atoms with E-state index in [9.17, 15) is 24.3 Å². The molecule has 2 heterocycles. The third kappa shape index (κ3) is 6.44. The molecule has 0 fully saturated rings. The lowest BCUT2D eigenvalue weighted by atomic mass is 10.0. The first kappa shape index (κ1) is 27.4. The minimum absolute atomic E-state index is 0.0620. The zero-order valence-corrected chi connectivity index (χ0v) is 21.7. The molecule has 0 spiro atoms. The van der Waals surface area contributed by atoms with Crippen LogP contribution < -0.4 is 21.7 Å². The SMILES string of the molecule is CC(NC(=O)C(N)Cc1c[nH]c2ccccc12)C(=O)NC(C)C(=O)NC(Cc1c[nH]c2ccccc12)C(=O)O. The molecular weight excluding hydrogens is 500 g/mol. The molecule has 3 amide bonds. The molecule has 4 atom stereocenters. The van der Waals surface area contributed by atoms with Crippen LogP contribution in [0, 0.1) is 0 Å². The number of aromatic amines is 2. The lowest BCUT2D eigenvalue weighted by Crippen LogP contribution is -2.55. The lowest BCUT2D eigenvalue weighted by molar-refractivity contribution is -0.142. The zero-order chi connectivity index (χ0) is 28.1. The summed E-state index contributed by atoms with van der Waals surface area (Å²) in [4.78, 5) is 56.1. The molecule has 4 rings (SSSR count). The highest BCUT2D eigenvalue weighted by Gasteiger charge is 2.27. The smallest absolute Gasteiger partial charge is 0.326 e. The molecule has 0 bridgehead atoms. The molecule has 2 aromatic carbocycles. The van der Waals surface area contributed by atoms with Crippen molar-refractivity contribution in [3.63, 3.8) is 0 Å². The average molecular weight is 533 g/mol. The van der Waals surface area contributed by atoms with Gasteiger partial charge in [0.2, 0.25) is 17.7 Å². The Bertz CT molecular complexity index is 1510. The van der Waals surface area contributed by atoms with Crippen molar-refractivity contribution in [2.24, 2.45) is 5.73 Å². The van der Waals surface area contributed by atoms with Crippen molar-refractivity contribution in [3.8, 4) is 0 Å². The van der Waals surface area contributed by atoms with Crippen LogP contribution >= 0.6 is 0 Å². The first-order valence-corrected chi connectivity index (χ1v) is 12.6. The molecule has 0 aliphatic rings. The van der Waals surface area contributed by atoms with E-state index in [1.807, 2.05) is 48.5 Å². The number of carboxylic acid groups (broad SMARTS) is 1. The van der Waals surface area contributed by atoms with Gasteiger partial charge < -0.3 is 36.8 Å². The van der Waals surface area contributed by atoms with Crippen molar-refractivity contribution in [2.75, 3.05) is 0 Å². The van der Waals surface area contributed by atoms with Gasteiger partial charge in [-0.3, -0.25) is 14.4 Å². The van der Waals surface area contributed by atoms with Gasteiger partial charge in [-0.05, 0) is 43.5 Å². The number of fused-ring (bicyclic) bond motifs is 2. The second-order valence-corrected chi connectivity index (χ2v) is 9.59. The van der Waals surface area contributed by atoms with E-state index in [-0.39, 0.29) is 12.8 Å². The second-order valence-electron chi connectivity index (χ2n) is 9.59. The highest BCUT2D eigenvalue weighted by atomic mass is 16.4. The predicted molar refractivity (Wildman–Crippen MR) is 147 cm³/mol. The number of nitrogens with two attached hydrogens (primary N) is 1. The Morgan fingerprint density at radius 1 is 0.744 bits per heavy atom. The predicted octanol–water partition coefficient (Wildman–Crippen LogP) is 1.34. The number of H-pyrrole nitrogens is 2. The molecular formula is C28H32N6O5. The molecule has 204 valence electrons. The van der Waals surface area contributed by atoms with Gasteiger partial charge in [0.1, 0.15) is 18.1 Å². The van der Waals surface area contributed by atoms with Crippen molar-refractivity contribution in [3.05, 3.63) is 72.1 Å². The van der Waals surface area contributed by atoms with Gasteiger partial charge in [-0.2, -0.15) is 0 Å². The number of amides is 3. The van der Waals surface area contributed by atoms with Crippen molar-refractivity contribution in [1.82, 2.24) is 25.9 Å². The number of carbonyl (C=O) groups is 4. The highest BCUT2D eigenvalue weighted by Crippen LogP contribution is 2.20. The van der Waals surface area contributed by atoms with E-state index in [0.717, 1.165) is 32.9 Å². The third-order valence-corrected chi connectivity index (χ3v) is 6.67. The van der Waals surface area contributed by atoms with Crippen LogP contribution in [-0.4, -0.2) is 62.9 Å². The first-order valence-electron chi connectivity index (χ1n) is 12.6. The Morgan fingerprint density at radius 3 is 1.74 bits per heavy atom. The number of rotatable bonds is 11. The number of para-hydroxylation sites is 2. The minimum Gasteiger partial charge on any atom is -0.480 e. The molecule has 2 aromatic heterocycles. The fourth-order valence-electron chi connectivity index (χ4n) is 4.44. The molecule has 0 aliphatic heterocycles. The van der Waals surface area contributed by atoms with Crippen molar-refractivity contribution < 1.29 is 24.3 Å². The number of hydrogen-bond donors (Lipinski definition) is 7. The number of nitrogens with one attached hydrogen (secondary N) is 5. The summed E-state index contributed by atoms with van der Waals surface area (Å²) >= 11 is 0. The molecule has 4 unspecified atom stereocenters. The number of benzene rings is 2. The van der Waals surface area contributed by atoms with Crippen LogP contribution in [0.15, 0.2) is 60.9 Å². The van der Waals surface area contributed by atoms with E-state index < -0.39 is 47.9 Å². The van der Waals surface area contributed by atoms with Gasteiger partial charge in [0.15, 0.2) is 0 Å². The maximum absolute atomic E-state index is 12.7. The summed E-state index contributed by atoms with van der Waals surface area (Å²) in [5.41, 5.74) is 9.52. The van der Waals surface area contributed by atoms with Crippen molar-refractivity contribution in [2.45, 2.75) is 50.9 Å². The maximum atomic E-state index is 12.7. The molecule has 11 heteroatoms. The van der Waals surface area contributed by atoms with Crippen LogP contribution in [0.4, 0.5) is 0 Å². The fraction of sp³-hybridized carbons (Fsp3) is 0.286. The second kappa shape index (κ2) is 11.8. The van der Waals surface area contributed by atoms with Crippen LogP contribution in [0.3, 0.4) is 0 Å². The van der Waals surface area contributed by atoms with Crippen LogP contribution in [0.2, 0.25) is 0 Å². The van der Waals surface area contributed by atoms with Gasteiger partial charge in [-0.25, -0.2) is 4.79 Å². The summed E-state index contributed by atoms with van der Waals surface area (Å²) in [6, 6.07) is 11.0. The largest absolute Gasteiger partial charge is 0.480 e. The summed E-state index contributed by atoms with van der Waals surface area (Å²) in [6.07, 6.45) is 3.85. The average Bonchev–Trinajstić information content (AvgIpc) is 3.52. The lowest BCUT2D eigenvalue weighted by Gasteiger charge is -2.21. The van der Waals surface area contributed by atoms with Gasteiger partial charge in [-0.15, -0.1) is 0 Å².